The smallest absolute Gasteiger partial charge is 0.338 e. The van der Waals surface area contributed by atoms with Crippen LogP contribution in [0.3, 0.4) is 0 Å². The molecule has 0 aromatic heterocycles. The Balaban J connectivity index is 1.69. The number of amides is 2. The van der Waals surface area contributed by atoms with Gasteiger partial charge in [0.25, 0.3) is 5.91 Å². The first kappa shape index (κ1) is 17.4. The summed E-state index contributed by atoms with van der Waals surface area (Å²) in [4.78, 5) is 36.3. The van der Waals surface area contributed by atoms with E-state index in [9.17, 15) is 14.4 Å². The van der Waals surface area contributed by atoms with Crippen molar-refractivity contribution in [3.8, 4) is 0 Å². The maximum atomic E-state index is 11.8. The first-order valence-corrected chi connectivity index (χ1v) is 8.34. The van der Waals surface area contributed by atoms with E-state index in [-0.39, 0.29) is 19.1 Å². The summed E-state index contributed by atoms with van der Waals surface area (Å²) in [6.45, 7) is 2.13. The molecule has 0 bridgehead atoms. The Morgan fingerprint density at radius 3 is 2.65 bits per heavy atom. The Bertz CT molecular complexity index is 615. The Morgan fingerprint density at radius 1 is 1.35 bits per heavy atom. The largest absolute Gasteiger partial charge is 0.452 e. The summed E-state index contributed by atoms with van der Waals surface area (Å²) in [6, 6.07) is 6.88. The molecular formula is C15H16N2O4S2. The standard InChI is InChI=1S/C15H16N2O4S2/c1-10-2-4-11(5-3-10)14(20)21-8-12(18)16-6-7-17-13(19)9-23-15(17)22/h2-5H,6-9H2,1H3,(H,16,18). The molecule has 8 heteroatoms. The van der Waals surface area contributed by atoms with Crippen molar-refractivity contribution >= 4 is 46.1 Å². The highest BCUT2D eigenvalue weighted by Crippen LogP contribution is 2.18. The van der Waals surface area contributed by atoms with E-state index < -0.39 is 11.9 Å². The van der Waals surface area contributed by atoms with Gasteiger partial charge in [0.05, 0.1) is 11.3 Å². The number of esters is 1. The van der Waals surface area contributed by atoms with Crippen LogP contribution in [0.25, 0.3) is 0 Å². The molecule has 2 rings (SSSR count). The molecule has 1 aromatic rings. The number of ether oxygens (including phenoxy) is 1. The van der Waals surface area contributed by atoms with E-state index in [1.54, 1.807) is 24.3 Å². The highest BCUT2D eigenvalue weighted by molar-refractivity contribution is 8.23. The topological polar surface area (TPSA) is 75.7 Å². The van der Waals surface area contributed by atoms with Gasteiger partial charge < -0.3 is 10.1 Å². The van der Waals surface area contributed by atoms with Gasteiger partial charge in [0.1, 0.15) is 4.32 Å². The van der Waals surface area contributed by atoms with Crippen LogP contribution in [0.4, 0.5) is 0 Å². The third-order valence-electron chi connectivity index (χ3n) is 3.12. The van der Waals surface area contributed by atoms with Crippen LogP contribution >= 0.6 is 24.0 Å². The lowest BCUT2D eigenvalue weighted by molar-refractivity contribution is -0.126. The number of hydrogen-bond donors (Lipinski definition) is 1. The molecule has 1 N–H and O–H groups in total. The fourth-order valence-corrected chi connectivity index (χ4v) is 2.98. The van der Waals surface area contributed by atoms with E-state index in [2.05, 4.69) is 5.32 Å². The van der Waals surface area contributed by atoms with Crippen LogP contribution in [0.5, 0.6) is 0 Å². The molecule has 0 radical (unpaired) electrons. The maximum absolute atomic E-state index is 11.8. The van der Waals surface area contributed by atoms with E-state index in [1.807, 2.05) is 6.92 Å². The van der Waals surface area contributed by atoms with Crippen LogP contribution in [-0.4, -0.2) is 52.5 Å². The summed E-state index contributed by atoms with van der Waals surface area (Å²) in [5.41, 5.74) is 1.43. The van der Waals surface area contributed by atoms with Crippen LogP contribution in [0.15, 0.2) is 24.3 Å². The van der Waals surface area contributed by atoms with Gasteiger partial charge in [-0.25, -0.2) is 4.79 Å². The normalized spacial score (nSPS) is 14.0. The van der Waals surface area contributed by atoms with Gasteiger partial charge in [-0.2, -0.15) is 0 Å². The molecule has 1 aliphatic heterocycles. The van der Waals surface area contributed by atoms with E-state index in [4.69, 9.17) is 17.0 Å². The molecule has 2 amide bonds. The number of rotatable bonds is 6. The maximum Gasteiger partial charge on any atom is 0.338 e. The number of benzene rings is 1. The summed E-state index contributed by atoms with van der Waals surface area (Å²) >= 11 is 6.34. The van der Waals surface area contributed by atoms with Crippen molar-refractivity contribution in [2.75, 3.05) is 25.4 Å². The number of carbonyl (C=O) groups excluding carboxylic acids is 3. The van der Waals surface area contributed by atoms with E-state index in [0.717, 1.165) is 5.56 Å². The van der Waals surface area contributed by atoms with Crippen LogP contribution in [0.2, 0.25) is 0 Å². The molecule has 1 aromatic carbocycles. The Morgan fingerprint density at radius 2 is 2.04 bits per heavy atom. The molecule has 0 unspecified atom stereocenters. The third-order valence-corrected chi connectivity index (χ3v) is 4.55. The van der Waals surface area contributed by atoms with Crippen molar-refractivity contribution in [1.29, 1.82) is 0 Å². The lowest BCUT2D eigenvalue weighted by Gasteiger charge is -2.15. The van der Waals surface area contributed by atoms with Crippen LogP contribution in [0.1, 0.15) is 15.9 Å². The van der Waals surface area contributed by atoms with E-state index in [0.29, 0.717) is 22.2 Å². The summed E-state index contributed by atoms with van der Waals surface area (Å²) < 4.78 is 5.46. The van der Waals surface area contributed by atoms with E-state index >= 15 is 0 Å². The first-order valence-electron chi connectivity index (χ1n) is 6.95. The van der Waals surface area contributed by atoms with Gasteiger partial charge in [0.2, 0.25) is 5.91 Å². The number of carbonyl (C=O) groups is 3. The lowest BCUT2D eigenvalue weighted by Crippen LogP contribution is -2.38. The molecule has 23 heavy (non-hydrogen) atoms. The molecule has 1 aliphatic rings. The number of aryl methyl sites for hydroxylation is 1. The van der Waals surface area contributed by atoms with Crippen LogP contribution in [0, 0.1) is 6.92 Å². The van der Waals surface area contributed by atoms with Crippen molar-refractivity contribution in [3.05, 3.63) is 35.4 Å². The Labute approximate surface area is 143 Å². The number of thioether (sulfide) groups is 1. The summed E-state index contributed by atoms with van der Waals surface area (Å²) in [5, 5.41) is 2.59. The highest BCUT2D eigenvalue weighted by atomic mass is 32.2. The molecule has 122 valence electrons. The Kier molecular flexibility index (Phi) is 6.12. The van der Waals surface area contributed by atoms with Crippen molar-refractivity contribution in [2.45, 2.75) is 6.92 Å². The van der Waals surface area contributed by atoms with Gasteiger partial charge >= 0.3 is 5.97 Å². The predicted molar refractivity (Wildman–Crippen MR) is 91.2 cm³/mol. The summed E-state index contributed by atoms with van der Waals surface area (Å²) in [5.74, 6) is -0.677. The zero-order chi connectivity index (χ0) is 16.8. The van der Waals surface area contributed by atoms with Gasteiger partial charge in [0, 0.05) is 13.1 Å². The molecule has 6 nitrogen and oxygen atoms in total. The number of hydrogen-bond acceptors (Lipinski definition) is 6. The molecule has 0 atom stereocenters. The molecular weight excluding hydrogens is 336 g/mol. The monoisotopic (exact) mass is 352 g/mol. The van der Waals surface area contributed by atoms with Crippen molar-refractivity contribution in [3.63, 3.8) is 0 Å². The zero-order valence-corrected chi connectivity index (χ0v) is 14.2. The molecule has 0 saturated carbocycles. The molecule has 0 spiro atoms. The average Bonchev–Trinajstić information content (AvgIpc) is 2.85. The van der Waals surface area contributed by atoms with Gasteiger partial charge in [-0.3, -0.25) is 14.5 Å². The second-order valence-electron chi connectivity index (χ2n) is 4.89. The SMILES string of the molecule is Cc1ccc(C(=O)OCC(=O)NCCN2C(=O)CSC2=S)cc1. The molecule has 0 aliphatic carbocycles. The summed E-state index contributed by atoms with van der Waals surface area (Å²) in [6.07, 6.45) is 0. The van der Waals surface area contributed by atoms with Crippen molar-refractivity contribution < 1.29 is 19.1 Å². The lowest BCUT2D eigenvalue weighted by atomic mass is 10.1. The van der Waals surface area contributed by atoms with Crippen molar-refractivity contribution in [1.82, 2.24) is 10.2 Å². The molecule has 1 saturated heterocycles. The minimum atomic E-state index is -0.549. The second-order valence-corrected chi connectivity index (χ2v) is 6.50. The van der Waals surface area contributed by atoms with Crippen LogP contribution < -0.4 is 5.32 Å². The van der Waals surface area contributed by atoms with Crippen LogP contribution in [-0.2, 0) is 14.3 Å². The van der Waals surface area contributed by atoms with E-state index in [1.165, 1.54) is 16.7 Å². The fourth-order valence-electron chi connectivity index (χ4n) is 1.86. The summed E-state index contributed by atoms with van der Waals surface area (Å²) in [7, 11) is 0. The van der Waals surface area contributed by atoms with Gasteiger partial charge in [-0.15, -0.1) is 0 Å². The van der Waals surface area contributed by atoms with Gasteiger partial charge in [-0.1, -0.05) is 41.7 Å². The predicted octanol–water partition coefficient (Wildman–Crippen LogP) is 1.13. The minimum absolute atomic E-state index is 0.0555. The fraction of sp³-hybridized carbons (Fsp3) is 0.333. The first-order chi connectivity index (χ1) is 11.0. The minimum Gasteiger partial charge on any atom is -0.452 e. The highest BCUT2D eigenvalue weighted by Gasteiger charge is 2.25. The average molecular weight is 352 g/mol. The quantitative estimate of drug-likeness (QED) is 0.611. The zero-order valence-electron chi connectivity index (χ0n) is 12.5. The third kappa shape index (κ3) is 5.04. The number of nitrogens with one attached hydrogen (secondary N) is 1. The molecule has 1 fully saturated rings. The second kappa shape index (κ2) is 8.07. The van der Waals surface area contributed by atoms with Gasteiger partial charge in [-0.05, 0) is 19.1 Å². The Hall–Kier alpha value is -1.93. The number of nitrogens with zero attached hydrogens (tertiary/aromatic N) is 1. The van der Waals surface area contributed by atoms with Gasteiger partial charge in [0.15, 0.2) is 6.61 Å². The van der Waals surface area contributed by atoms with Crippen molar-refractivity contribution in [2.24, 2.45) is 0 Å². The number of thiocarbonyl (C=S) groups is 1. The molecule has 1 heterocycles.